The van der Waals surface area contributed by atoms with E-state index in [1.807, 2.05) is 18.2 Å². The Hall–Kier alpha value is -2.10. The fraction of sp³-hybridized carbons (Fsp3) is 0.474. The Kier molecular flexibility index (Phi) is 4.36. The second-order valence-electron chi connectivity index (χ2n) is 7.13. The molecule has 0 radical (unpaired) electrons. The average molecular weight is 354 g/mol. The highest BCUT2D eigenvalue weighted by atomic mass is 32.1. The van der Waals surface area contributed by atoms with Crippen LogP contribution in [0.4, 0.5) is 5.00 Å². The molecule has 2 N–H and O–H groups in total. The zero-order valence-corrected chi connectivity index (χ0v) is 15.1. The van der Waals surface area contributed by atoms with E-state index in [4.69, 9.17) is 0 Å². The molecule has 3 heterocycles. The number of hydrogen-bond acceptors (Lipinski definition) is 5. The monoisotopic (exact) mass is 354 g/mol. The number of rotatable bonds is 3. The van der Waals surface area contributed by atoms with E-state index in [1.165, 1.54) is 0 Å². The molecule has 3 atom stereocenters. The van der Waals surface area contributed by atoms with Crippen LogP contribution in [0.25, 0.3) is 10.1 Å². The van der Waals surface area contributed by atoms with Gasteiger partial charge in [0.25, 0.3) is 0 Å². The number of amides is 1. The number of thiophene rings is 1. The summed E-state index contributed by atoms with van der Waals surface area (Å²) in [5.41, 5.74) is 0.763. The highest BCUT2D eigenvalue weighted by Crippen LogP contribution is 2.38. The van der Waals surface area contributed by atoms with Crippen molar-refractivity contribution < 1.29 is 4.79 Å². The molecule has 3 unspecified atom stereocenters. The standard InChI is InChI=1S/C19H22N4OS/c1-12-8-16(21-10-12)18(24)22-13-6-7-23(11-13)19-15(9-20)14-4-2-3-5-17(14)25-19/h2-5,12-13,16,21H,6-8,10-11H2,1H3,(H,22,24). The minimum atomic E-state index is -0.0527. The first-order valence-electron chi connectivity index (χ1n) is 8.86. The molecule has 1 amide bonds. The van der Waals surface area contributed by atoms with Crippen molar-refractivity contribution in [3.8, 4) is 6.07 Å². The van der Waals surface area contributed by atoms with Crippen molar-refractivity contribution in [1.29, 1.82) is 5.26 Å². The lowest BCUT2D eigenvalue weighted by molar-refractivity contribution is -0.123. The van der Waals surface area contributed by atoms with Crippen molar-refractivity contribution >= 4 is 32.3 Å². The lowest BCUT2D eigenvalue weighted by atomic mass is 10.1. The number of hydrogen-bond donors (Lipinski definition) is 2. The van der Waals surface area contributed by atoms with Crippen LogP contribution >= 0.6 is 11.3 Å². The molecule has 1 aromatic carbocycles. The maximum absolute atomic E-state index is 12.4. The number of nitrogens with one attached hydrogen (secondary N) is 2. The van der Waals surface area contributed by atoms with Crippen LogP contribution in [0.1, 0.15) is 25.3 Å². The first-order valence-corrected chi connectivity index (χ1v) is 9.67. The van der Waals surface area contributed by atoms with E-state index in [1.54, 1.807) is 11.3 Å². The van der Waals surface area contributed by atoms with Crippen LogP contribution in [-0.4, -0.2) is 37.6 Å². The van der Waals surface area contributed by atoms with Crippen molar-refractivity contribution in [3.05, 3.63) is 29.8 Å². The summed E-state index contributed by atoms with van der Waals surface area (Å²) >= 11 is 1.67. The Morgan fingerprint density at radius 3 is 3.04 bits per heavy atom. The van der Waals surface area contributed by atoms with E-state index < -0.39 is 0 Å². The third-order valence-corrected chi connectivity index (χ3v) is 6.41. The number of nitriles is 1. The summed E-state index contributed by atoms with van der Waals surface area (Å²) < 4.78 is 1.14. The van der Waals surface area contributed by atoms with Crippen molar-refractivity contribution in [1.82, 2.24) is 10.6 Å². The maximum atomic E-state index is 12.4. The summed E-state index contributed by atoms with van der Waals surface area (Å²) in [5, 5.41) is 18.1. The Morgan fingerprint density at radius 2 is 2.28 bits per heavy atom. The van der Waals surface area contributed by atoms with E-state index in [9.17, 15) is 10.1 Å². The van der Waals surface area contributed by atoms with Gasteiger partial charge >= 0.3 is 0 Å². The van der Waals surface area contributed by atoms with Gasteiger partial charge in [0.1, 0.15) is 11.1 Å². The number of nitrogens with zero attached hydrogens (tertiary/aromatic N) is 2. The van der Waals surface area contributed by atoms with E-state index in [-0.39, 0.29) is 18.0 Å². The second-order valence-corrected chi connectivity index (χ2v) is 8.16. The van der Waals surface area contributed by atoms with Crippen molar-refractivity contribution in [2.24, 2.45) is 5.92 Å². The molecule has 4 rings (SSSR count). The van der Waals surface area contributed by atoms with Crippen molar-refractivity contribution in [2.75, 3.05) is 24.5 Å². The number of fused-ring (bicyclic) bond motifs is 1. The average Bonchev–Trinajstić information content (AvgIpc) is 3.32. The predicted octanol–water partition coefficient (Wildman–Crippen LogP) is 2.47. The molecule has 25 heavy (non-hydrogen) atoms. The van der Waals surface area contributed by atoms with E-state index in [0.29, 0.717) is 5.92 Å². The first kappa shape index (κ1) is 16.4. The Balaban J connectivity index is 1.46. The fourth-order valence-corrected chi connectivity index (χ4v) is 5.03. The Morgan fingerprint density at radius 1 is 1.44 bits per heavy atom. The molecule has 0 aliphatic carbocycles. The quantitative estimate of drug-likeness (QED) is 0.888. The zero-order chi connectivity index (χ0) is 17.4. The van der Waals surface area contributed by atoms with Gasteiger partial charge in [-0.1, -0.05) is 25.1 Å². The molecule has 2 aliphatic rings. The van der Waals surface area contributed by atoms with Gasteiger partial charge in [-0.25, -0.2) is 0 Å². The van der Waals surface area contributed by atoms with Gasteiger partial charge in [-0.15, -0.1) is 11.3 Å². The molecule has 0 bridgehead atoms. The normalized spacial score (nSPS) is 26.1. The van der Waals surface area contributed by atoms with Crippen molar-refractivity contribution in [3.63, 3.8) is 0 Å². The fourth-order valence-electron chi connectivity index (χ4n) is 3.84. The summed E-state index contributed by atoms with van der Waals surface area (Å²) in [7, 11) is 0. The Bertz CT molecular complexity index is 840. The molecule has 0 saturated carbocycles. The highest BCUT2D eigenvalue weighted by Gasteiger charge is 2.31. The van der Waals surface area contributed by atoms with Crippen LogP contribution < -0.4 is 15.5 Å². The topological polar surface area (TPSA) is 68.2 Å². The largest absolute Gasteiger partial charge is 0.360 e. The molecule has 2 aliphatic heterocycles. The lowest BCUT2D eigenvalue weighted by Crippen LogP contribution is -2.46. The number of carbonyl (C=O) groups is 1. The zero-order valence-electron chi connectivity index (χ0n) is 14.3. The molecule has 2 aromatic rings. The first-order chi connectivity index (χ1) is 12.2. The van der Waals surface area contributed by atoms with Crippen LogP contribution in [0.2, 0.25) is 0 Å². The number of anilines is 1. The SMILES string of the molecule is CC1CNC(C(=O)NC2CCN(c3sc4ccccc4c3C#N)C2)C1. The van der Waals surface area contributed by atoms with Crippen LogP contribution in [0, 0.1) is 17.2 Å². The minimum Gasteiger partial charge on any atom is -0.360 e. The summed E-state index contributed by atoms with van der Waals surface area (Å²) in [6.45, 7) is 4.74. The van der Waals surface area contributed by atoms with Crippen LogP contribution in [0.5, 0.6) is 0 Å². The second kappa shape index (κ2) is 6.66. The molecular weight excluding hydrogens is 332 g/mol. The summed E-state index contributed by atoms with van der Waals surface area (Å²) in [6, 6.07) is 10.5. The van der Waals surface area contributed by atoms with Gasteiger partial charge in [0.05, 0.1) is 11.6 Å². The molecule has 130 valence electrons. The van der Waals surface area contributed by atoms with Crippen LogP contribution in [0.15, 0.2) is 24.3 Å². The smallest absolute Gasteiger partial charge is 0.237 e. The van der Waals surface area contributed by atoms with Gasteiger partial charge in [-0.3, -0.25) is 4.79 Å². The highest BCUT2D eigenvalue weighted by molar-refractivity contribution is 7.23. The third-order valence-electron chi connectivity index (χ3n) is 5.18. The van der Waals surface area contributed by atoms with Gasteiger partial charge in [-0.2, -0.15) is 5.26 Å². The molecule has 6 heteroatoms. The van der Waals surface area contributed by atoms with Gasteiger partial charge in [-0.05, 0) is 31.4 Å². The third kappa shape index (κ3) is 3.10. The molecule has 1 aromatic heterocycles. The van der Waals surface area contributed by atoms with E-state index in [2.05, 4.69) is 34.6 Å². The summed E-state index contributed by atoms with van der Waals surface area (Å²) in [4.78, 5) is 14.7. The van der Waals surface area contributed by atoms with Gasteiger partial charge in [0.15, 0.2) is 0 Å². The Labute approximate surface area is 151 Å². The van der Waals surface area contributed by atoms with Crippen molar-refractivity contribution in [2.45, 2.75) is 31.8 Å². The van der Waals surface area contributed by atoms with Crippen LogP contribution in [-0.2, 0) is 4.79 Å². The van der Waals surface area contributed by atoms with E-state index >= 15 is 0 Å². The minimum absolute atomic E-state index is 0.0527. The summed E-state index contributed by atoms with van der Waals surface area (Å²) in [5.74, 6) is 0.681. The molecular formula is C19H22N4OS. The summed E-state index contributed by atoms with van der Waals surface area (Å²) in [6.07, 6.45) is 1.84. The van der Waals surface area contributed by atoms with Crippen LogP contribution in [0.3, 0.4) is 0 Å². The van der Waals surface area contributed by atoms with Gasteiger partial charge in [0.2, 0.25) is 5.91 Å². The lowest BCUT2D eigenvalue weighted by Gasteiger charge is -2.19. The van der Waals surface area contributed by atoms with Gasteiger partial charge < -0.3 is 15.5 Å². The number of benzene rings is 1. The maximum Gasteiger partial charge on any atom is 0.237 e. The molecule has 2 fully saturated rings. The molecule has 0 spiro atoms. The van der Waals surface area contributed by atoms with Gasteiger partial charge in [0, 0.05) is 29.2 Å². The van der Waals surface area contributed by atoms with E-state index in [0.717, 1.165) is 53.1 Å². The number of carbonyl (C=O) groups excluding carboxylic acids is 1. The molecule has 5 nitrogen and oxygen atoms in total. The molecule has 2 saturated heterocycles. The predicted molar refractivity (Wildman–Crippen MR) is 101 cm³/mol.